The fourth-order valence-corrected chi connectivity index (χ4v) is 4.03. The fraction of sp³-hybridized carbons (Fsp3) is 0.222. The number of nitrogens with zero attached hydrogens (tertiary/aromatic N) is 3. The summed E-state index contributed by atoms with van der Waals surface area (Å²) in [5.74, 6) is 0.602. The Morgan fingerprint density at radius 1 is 0.938 bits per heavy atom. The van der Waals surface area contributed by atoms with Gasteiger partial charge in [0, 0.05) is 13.0 Å². The Morgan fingerprint density at radius 3 is 2.25 bits per heavy atom. The van der Waals surface area contributed by atoms with Gasteiger partial charge in [0.25, 0.3) is 5.56 Å². The van der Waals surface area contributed by atoms with Crippen molar-refractivity contribution >= 4 is 16.8 Å². The van der Waals surface area contributed by atoms with Crippen molar-refractivity contribution in [2.24, 2.45) is 0 Å². The highest BCUT2D eigenvalue weighted by molar-refractivity contribution is 5.78. The molecule has 0 spiro atoms. The number of rotatable bonds is 7. The minimum absolute atomic E-state index is 0.0375. The molecule has 5 heteroatoms. The minimum atomic E-state index is -0.372. The predicted molar refractivity (Wildman–Crippen MR) is 128 cm³/mol. The topological polar surface area (TPSA) is 55.2 Å². The third kappa shape index (κ3) is 4.33. The lowest BCUT2D eigenvalue weighted by Gasteiger charge is -2.30. The summed E-state index contributed by atoms with van der Waals surface area (Å²) in [7, 11) is 0. The number of aromatic nitrogens is 2. The van der Waals surface area contributed by atoms with E-state index in [0.717, 1.165) is 12.1 Å². The van der Waals surface area contributed by atoms with E-state index < -0.39 is 0 Å². The van der Waals surface area contributed by atoms with E-state index in [2.05, 4.69) is 12.1 Å². The first kappa shape index (κ1) is 21.5. The van der Waals surface area contributed by atoms with Crippen molar-refractivity contribution in [1.29, 1.82) is 0 Å². The Morgan fingerprint density at radius 2 is 1.56 bits per heavy atom. The van der Waals surface area contributed by atoms with Crippen molar-refractivity contribution in [3.63, 3.8) is 0 Å². The number of amides is 1. The molecule has 3 aromatic carbocycles. The van der Waals surface area contributed by atoms with Crippen LogP contribution >= 0.6 is 0 Å². The average Bonchev–Trinajstić information content (AvgIpc) is 2.85. The Balaban J connectivity index is 1.82. The molecular weight excluding hydrogens is 398 g/mol. The first-order chi connectivity index (χ1) is 15.6. The molecule has 0 N–H and O–H groups in total. The van der Waals surface area contributed by atoms with E-state index in [1.807, 2.05) is 85.5 Å². The molecule has 5 nitrogen and oxygen atoms in total. The van der Waals surface area contributed by atoms with Gasteiger partial charge in [-0.3, -0.25) is 14.2 Å². The number of benzene rings is 3. The first-order valence-electron chi connectivity index (χ1n) is 11.0. The highest BCUT2D eigenvalue weighted by Gasteiger charge is 2.26. The van der Waals surface area contributed by atoms with E-state index in [4.69, 9.17) is 4.98 Å². The van der Waals surface area contributed by atoms with Crippen LogP contribution in [0.1, 0.15) is 37.7 Å². The van der Waals surface area contributed by atoms with Crippen LogP contribution in [0.25, 0.3) is 16.6 Å². The molecule has 0 bridgehead atoms. The smallest absolute Gasteiger partial charge is 0.266 e. The maximum atomic E-state index is 13.5. The van der Waals surface area contributed by atoms with Crippen molar-refractivity contribution in [1.82, 2.24) is 14.5 Å². The Bertz CT molecular complexity index is 1270. The van der Waals surface area contributed by atoms with Gasteiger partial charge >= 0.3 is 0 Å². The first-order valence-corrected chi connectivity index (χ1v) is 11.0. The van der Waals surface area contributed by atoms with Crippen LogP contribution in [0.5, 0.6) is 0 Å². The van der Waals surface area contributed by atoms with Gasteiger partial charge in [0.1, 0.15) is 5.82 Å². The summed E-state index contributed by atoms with van der Waals surface area (Å²) in [6.07, 6.45) is 1.13. The largest absolute Gasteiger partial charge is 0.332 e. The number of carbonyl (C=O) groups excluding carboxylic acids is 1. The lowest BCUT2D eigenvalue weighted by Crippen LogP contribution is -2.38. The third-order valence-corrected chi connectivity index (χ3v) is 5.76. The van der Waals surface area contributed by atoms with E-state index in [1.165, 1.54) is 5.56 Å². The second-order valence-corrected chi connectivity index (χ2v) is 7.82. The van der Waals surface area contributed by atoms with Crippen LogP contribution in [0.15, 0.2) is 89.7 Å². The van der Waals surface area contributed by atoms with Gasteiger partial charge in [0.2, 0.25) is 5.91 Å². The summed E-state index contributed by atoms with van der Waals surface area (Å²) in [4.78, 5) is 33.2. The van der Waals surface area contributed by atoms with Crippen LogP contribution in [0.3, 0.4) is 0 Å². The number of hydrogen-bond donors (Lipinski definition) is 0. The van der Waals surface area contributed by atoms with E-state index in [9.17, 15) is 9.59 Å². The quantitative estimate of drug-likeness (QED) is 0.422. The molecule has 4 rings (SSSR count). The fourth-order valence-electron chi connectivity index (χ4n) is 4.03. The molecule has 0 saturated carbocycles. The highest BCUT2D eigenvalue weighted by Crippen LogP contribution is 2.24. The van der Waals surface area contributed by atoms with Crippen molar-refractivity contribution in [3.8, 4) is 5.69 Å². The molecule has 0 aliphatic rings. The molecule has 1 aromatic heterocycles. The standard InChI is InChI=1S/C27H27N3O2/c1-3-25(31)29(19-18-21-12-6-4-7-13-21)20(2)26-28-24-17-11-10-16-23(24)27(32)30(26)22-14-8-5-9-15-22/h4-17,20H,3,18-19H2,1-2H3. The van der Waals surface area contributed by atoms with E-state index in [-0.39, 0.29) is 17.5 Å². The van der Waals surface area contributed by atoms with Crippen LogP contribution in [0.4, 0.5) is 0 Å². The molecular formula is C27H27N3O2. The van der Waals surface area contributed by atoms with Gasteiger partial charge in [-0.15, -0.1) is 0 Å². The summed E-state index contributed by atoms with van der Waals surface area (Å²) in [5, 5.41) is 0.560. The zero-order valence-corrected chi connectivity index (χ0v) is 18.4. The molecule has 4 aromatic rings. The molecule has 0 aliphatic heterocycles. The van der Waals surface area contributed by atoms with Gasteiger partial charge in [-0.2, -0.15) is 0 Å². The van der Waals surface area contributed by atoms with Crippen LogP contribution in [-0.2, 0) is 11.2 Å². The highest BCUT2D eigenvalue weighted by atomic mass is 16.2. The zero-order chi connectivity index (χ0) is 22.5. The average molecular weight is 426 g/mol. The van der Waals surface area contributed by atoms with Crippen molar-refractivity contribution in [2.45, 2.75) is 32.7 Å². The number of carbonyl (C=O) groups is 1. The van der Waals surface area contributed by atoms with Crippen molar-refractivity contribution in [2.75, 3.05) is 6.54 Å². The van der Waals surface area contributed by atoms with E-state index >= 15 is 0 Å². The second kappa shape index (κ2) is 9.60. The number of hydrogen-bond acceptors (Lipinski definition) is 3. The molecule has 0 fully saturated rings. The van der Waals surface area contributed by atoms with Crippen molar-refractivity contribution < 1.29 is 4.79 Å². The maximum absolute atomic E-state index is 13.5. The van der Waals surface area contributed by atoms with Gasteiger partial charge < -0.3 is 4.90 Å². The summed E-state index contributed by atoms with van der Waals surface area (Å²) >= 11 is 0. The summed E-state index contributed by atoms with van der Waals surface area (Å²) < 4.78 is 1.64. The Hall–Kier alpha value is -3.73. The van der Waals surface area contributed by atoms with Gasteiger partial charge in [0.15, 0.2) is 0 Å². The van der Waals surface area contributed by atoms with E-state index in [0.29, 0.717) is 29.7 Å². The van der Waals surface area contributed by atoms with Crippen LogP contribution < -0.4 is 5.56 Å². The monoisotopic (exact) mass is 425 g/mol. The summed E-state index contributed by atoms with van der Waals surface area (Å²) in [6, 6.07) is 26.6. The van der Waals surface area contributed by atoms with Crippen LogP contribution in [-0.4, -0.2) is 26.9 Å². The summed E-state index contributed by atoms with van der Waals surface area (Å²) in [5.41, 5.74) is 2.42. The lowest BCUT2D eigenvalue weighted by molar-refractivity contribution is -0.133. The molecule has 1 heterocycles. The molecule has 0 saturated heterocycles. The maximum Gasteiger partial charge on any atom is 0.266 e. The SMILES string of the molecule is CCC(=O)N(CCc1ccccc1)C(C)c1nc2ccccc2c(=O)n1-c1ccccc1. The third-order valence-electron chi connectivity index (χ3n) is 5.76. The zero-order valence-electron chi connectivity index (χ0n) is 18.4. The normalized spacial score (nSPS) is 11.9. The van der Waals surface area contributed by atoms with Gasteiger partial charge in [-0.1, -0.05) is 67.6 Å². The van der Waals surface area contributed by atoms with Crippen LogP contribution in [0, 0.1) is 0 Å². The van der Waals surface area contributed by atoms with Gasteiger partial charge in [-0.05, 0) is 43.2 Å². The number of fused-ring (bicyclic) bond motifs is 1. The molecule has 162 valence electrons. The van der Waals surface area contributed by atoms with E-state index in [1.54, 1.807) is 10.6 Å². The molecule has 1 atom stereocenters. The molecule has 1 amide bonds. The molecule has 0 aliphatic carbocycles. The molecule has 0 radical (unpaired) electrons. The lowest BCUT2D eigenvalue weighted by atomic mass is 10.1. The number of para-hydroxylation sites is 2. The van der Waals surface area contributed by atoms with Crippen molar-refractivity contribution in [3.05, 3.63) is 107 Å². The minimum Gasteiger partial charge on any atom is -0.332 e. The van der Waals surface area contributed by atoms with Crippen LogP contribution in [0.2, 0.25) is 0 Å². The Labute approximate surface area is 188 Å². The molecule has 32 heavy (non-hydrogen) atoms. The van der Waals surface area contributed by atoms with Gasteiger partial charge in [0.05, 0.1) is 22.6 Å². The molecule has 1 unspecified atom stereocenters. The second-order valence-electron chi connectivity index (χ2n) is 7.82. The van der Waals surface area contributed by atoms with Gasteiger partial charge in [-0.25, -0.2) is 4.98 Å². The summed E-state index contributed by atoms with van der Waals surface area (Å²) in [6.45, 7) is 4.37. The Kier molecular flexibility index (Phi) is 6.45. The predicted octanol–water partition coefficient (Wildman–Crippen LogP) is 4.93.